The average molecular weight is 767 g/mol. The second-order valence-electron chi connectivity index (χ2n) is 16.8. The number of hydrogen-bond acceptors (Lipinski definition) is 11. The Bertz CT molecular complexity index is 1940. The molecule has 0 atom stereocenters. The number of ether oxygens (including phenoxy) is 6. The Morgan fingerprint density at radius 3 is 2.12 bits per heavy atom. The molecule has 12 heteroatoms. The summed E-state index contributed by atoms with van der Waals surface area (Å²) in [5.41, 5.74) is 1.72. The van der Waals surface area contributed by atoms with Crippen LogP contribution in [0, 0.1) is 22.2 Å². The molecule has 2 saturated carbocycles. The molecule has 4 fully saturated rings. The van der Waals surface area contributed by atoms with Crippen molar-refractivity contribution in [3.05, 3.63) is 77.4 Å². The van der Waals surface area contributed by atoms with Crippen molar-refractivity contribution in [2.75, 3.05) is 59.0 Å². The third kappa shape index (κ3) is 7.47. The zero-order valence-corrected chi connectivity index (χ0v) is 33.6. The number of rotatable bonds is 11. The van der Waals surface area contributed by atoms with Crippen LogP contribution in [0.25, 0.3) is 0 Å². The topological polar surface area (TPSA) is 132 Å². The van der Waals surface area contributed by atoms with Crippen LogP contribution in [0.1, 0.15) is 79.7 Å². The normalized spacial score (nSPS) is 24.8. The molecular weight excluding hydrogens is 713 g/mol. The van der Waals surface area contributed by atoms with E-state index in [9.17, 15) is 14.9 Å². The van der Waals surface area contributed by atoms with Gasteiger partial charge in [-0.3, -0.25) is 9.69 Å². The highest BCUT2D eigenvalue weighted by atomic mass is 16.5. The van der Waals surface area contributed by atoms with E-state index in [1.165, 1.54) is 21.3 Å². The molecule has 1 amide bonds. The Morgan fingerprint density at radius 2 is 1.48 bits per heavy atom. The lowest BCUT2D eigenvalue weighted by molar-refractivity contribution is -0.164. The zero-order valence-electron chi connectivity index (χ0n) is 33.6. The van der Waals surface area contributed by atoms with Gasteiger partial charge in [0.1, 0.15) is 46.8 Å². The molecule has 2 saturated heterocycles. The lowest BCUT2D eigenvalue weighted by atomic mass is 9.49. The predicted molar refractivity (Wildman–Crippen MR) is 211 cm³/mol. The fourth-order valence-corrected chi connectivity index (χ4v) is 9.62. The molecule has 3 aromatic rings. The molecular formula is C44H54N4O8. The van der Waals surface area contributed by atoms with Crippen molar-refractivity contribution in [2.45, 2.75) is 83.3 Å². The number of hydrogen-bond donors (Lipinski definition) is 1. The molecule has 2 aliphatic carbocycles. The molecule has 2 aliphatic heterocycles. The van der Waals surface area contributed by atoms with Crippen molar-refractivity contribution in [1.82, 2.24) is 10.2 Å². The van der Waals surface area contributed by atoms with Crippen molar-refractivity contribution in [3.8, 4) is 29.1 Å². The summed E-state index contributed by atoms with van der Waals surface area (Å²) in [6.07, 6.45) is 3.72. The van der Waals surface area contributed by atoms with Crippen molar-refractivity contribution in [3.63, 3.8) is 0 Å². The molecule has 0 radical (unpaired) electrons. The molecule has 7 rings (SSSR count). The lowest BCUT2D eigenvalue weighted by Crippen LogP contribution is -2.74. The van der Waals surface area contributed by atoms with Crippen molar-refractivity contribution >= 4 is 17.6 Å². The maximum absolute atomic E-state index is 13.6. The van der Waals surface area contributed by atoms with E-state index < -0.39 is 5.97 Å². The molecule has 4 aliphatic rings. The number of morpholine rings is 1. The number of anilines is 1. The first-order valence-electron chi connectivity index (χ1n) is 19.5. The lowest BCUT2D eigenvalue weighted by Gasteiger charge is -2.63. The standard InChI is InChI=1S/C44H54N4O8/c1-42(2)40(43(3,4)41(42)56-33-13-10-29(26-45)36(24-33)51-5)46-38(49)28-8-11-30(12-9-28)47-18-16-44(17-19-47)27-48(20-21-54-44)31-22-34(23-31)55-32-14-15-35(39(50)53-7)37(25-32)52-6/h8-15,24-25,31,34,40-41H,16-23,27H2,1-7H3,(H,46,49)/t31-,34-,40-,41-. The van der Waals surface area contributed by atoms with Crippen LogP contribution in [0.3, 0.4) is 0 Å². The Kier molecular flexibility index (Phi) is 10.9. The van der Waals surface area contributed by atoms with Crippen molar-refractivity contribution < 1.29 is 38.0 Å². The van der Waals surface area contributed by atoms with E-state index in [0.29, 0.717) is 45.7 Å². The molecule has 298 valence electrons. The number of nitriles is 1. The van der Waals surface area contributed by atoms with Gasteiger partial charge in [0.05, 0.1) is 39.1 Å². The number of carbonyl (C=O) groups excluding carboxylic acids is 2. The number of esters is 1. The van der Waals surface area contributed by atoms with Crippen LogP contribution in [0.5, 0.6) is 23.0 Å². The van der Waals surface area contributed by atoms with Crippen LogP contribution in [0.4, 0.5) is 5.69 Å². The third-order valence-electron chi connectivity index (χ3n) is 12.6. The van der Waals surface area contributed by atoms with Crippen LogP contribution >= 0.6 is 0 Å². The summed E-state index contributed by atoms with van der Waals surface area (Å²) < 4.78 is 34.8. The molecule has 0 bridgehead atoms. The summed E-state index contributed by atoms with van der Waals surface area (Å²) >= 11 is 0. The van der Waals surface area contributed by atoms with E-state index in [4.69, 9.17) is 28.4 Å². The van der Waals surface area contributed by atoms with Crippen LogP contribution in [-0.4, -0.2) is 101 Å². The van der Waals surface area contributed by atoms with E-state index >= 15 is 0 Å². The number of nitrogens with one attached hydrogen (secondary N) is 1. The molecule has 2 heterocycles. The van der Waals surface area contributed by atoms with Gasteiger partial charge < -0.3 is 38.6 Å². The fraction of sp³-hybridized carbons (Fsp3) is 0.523. The average Bonchev–Trinajstić information content (AvgIpc) is 3.19. The number of piperidine rings is 1. The molecule has 56 heavy (non-hydrogen) atoms. The predicted octanol–water partition coefficient (Wildman–Crippen LogP) is 6.26. The minimum absolute atomic E-state index is 0.102. The highest BCUT2D eigenvalue weighted by Crippen LogP contribution is 2.55. The Labute approximate surface area is 329 Å². The van der Waals surface area contributed by atoms with Gasteiger partial charge in [-0.25, -0.2) is 4.79 Å². The number of amides is 1. The fourth-order valence-electron chi connectivity index (χ4n) is 9.62. The first-order valence-corrected chi connectivity index (χ1v) is 19.5. The largest absolute Gasteiger partial charge is 0.496 e. The second kappa shape index (κ2) is 15.5. The summed E-state index contributed by atoms with van der Waals surface area (Å²) in [6, 6.07) is 20.9. The van der Waals surface area contributed by atoms with Crippen LogP contribution < -0.4 is 29.2 Å². The van der Waals surface area contributed by atoms with Crippen LogP contribution in [0.2, 0.25) is 0 Å². The summed E-state index contributed by atoms with van der Waals surface area (Å²) in [6.45, 7) is 12.8. The van der Waals surface area contributed by atoms with Gasteiger partial charge in [0.15, 0.2) is 0 Å². The molecule has 0 aromatic heterocycles. The van der Waals surface area contributed by atoms with E-state index in [1.54, 1.807) is 36.4 Å². The highest BCUT2D eigenvalue weighted by Gasteiger charge is 2.64. The number of carbonyl (C=O) groups is 2. The third-order valence-corrected chi connectivity index (χ3v) is 12.6. The number of benzene rings is 3. The monoisotopic (exact) mass is 766 g/mol. The van der Waals surface area contributed by atoms with Gasteiger partial charge in [0, 0.05) is 85.3 Å². The minimum Gasteiger partial charge on any atom is -0.496 e. The van der Waals surface area contributed by atoms with Gasteiger partial charge in [0.25, 0.3) is 5.91 Å². The Hall–Kier alpha value is -4.99. The van der Waals surface area contributed by atoms with Gasteiger partial charge in [-0.05, 0) is 61.4 Å². The van der Waals surface area contributed by atoms with Gasteiger partial charge >= 0.3 is 5.97 Å². The van der Waals surface area contributed by atoms with Gasteiger partial charge in [-0.15, -0.1) is 0 Å². The van der Waals surface area contributed by atoms with E-state index in [2.05, 4.69) is 61.0 Å². The first-order chi connectivity index (χ1) is 26.8. The van der Waals surface area contributed by atoms with Crippen LogP contribution in [-0.2, 0) is 9.47 Å². The first kappa shape index (κ1) is 39.3. The number of nitrogens with zero attached hydrogens (tertiary/aromatic N) is 3. The van der Waals surface area contributed by atoms with Crippen molar-refractivity contribution in [2.24, 2.45) is 10.8 Å². The Balaban J connectivity index is 0.886. The second-order valence-corrected chi connectivity index (χ2v) is 16.8. The van der Waals surface area contributed by atoms with E-state index in [1.807, 2.05) is 12.1 Å². The quantitative estimate of drug-likeness (QED) is 0.222. The highest BCUT2D eigenvalue weighted by molar-refractivity contribution is 5.95. The summed E-state index contributed by atoms with van der Waals surface area (Å²) in [5, 5.41) is 12.7. The smallest absolute Gasteiger partial charge is 0.341 e. The molecule has 12 nitrogen and oxygen atoms in total. The molecule has 0 unspecified atom stereocenters. The maximum Gasteiger partial charge on any atom is 0.341 e. The van der Waals surface area contributed by atoms with Gasteiger partial charge in [-0.1, -0.05) is 27.7 Å². The maximum atomic E-state index is 13.6. The molecule has 3 aromatic carbocycles. The van der Waals surface area contributed by atoms with Crippen molar-refractivity contribution in [1.29, 1.82) is 5.26 Å². The number of methoxy groups -OCH3 is 3. The summed E-state index contributed by atoms with van der Waals surface area (Å²) in [5.74, 6) is 1.69. The summed E-state index contributed by atoms with van der Waals surface area (Å²) in [4.78, 5) is 30.6. The Morgan fingerprint density at radius 1 is 0.839 bits per heavy atom. The summed E-state index contributed by atoms with van der Waals surface area (Å²) in [7, 11) is 4.42. The van der Waals surface area contributed by atoms with E-state index in [0.717, 1.165) is 64.2 Å². The minimum atomic E-state index is -0.439. The van der Waals surface area contributed by atoms with Gasteiger partial charge in [-0.2, -0.15) is 5.26 Å². The zero-order chi connectivity index (χ0) is 39.8. The van der Waals surface area contributed by atoms with Crippen LogP contribution in [0.15, 0.2) is 60.7 Å². The SMILES string of the molecule is COC(=O)c1ccc(O[C@H]2C[C@H](N3CCOC4(CCN(c5ccc(C(=O)N[C@H]6C(C)(C)[C@H](Oc7ccc(C#N)c(OC)c7)C6(C)C)cc5)CC4)C3)C2)cc1OC. The molecule has 1 spiro atoms. The van der Waals surface area contributed by atoms with E-state index in [-0.39, 0.29) is 40.6 Å². The molecule has 1 N–H and O–H groups in total. The van der Waals surface area contributed by atoms with Gasteiger partial charge in [0.2, 0.25) is 0 Å².